The van der Waals surface area contributed by atoms with Gasteiger partial charge in [-0.2, -0.15) is 0 Å². The van der Waals surface area contributed by atoms with Crippen molar-refractivity contribution in [3.63, 3.8) is 0 Å². The number of anilines is 2. The van der Waals surface area contributed by atoms with Crippen LogP contribution in [0.5, 0.6) is 11.5 Å². The number of nitrogens with one attached hydrogen (secondary N) is 1. The lowest BCUT2D eigenvalue weighted by atomic mass is 10.2. The fourth-order valence-corrected chi connectivity index (χ4v) is 3.78. The molecule has 0 aliphatic carbocycles. The Morgan fingerprint density at radius 1 is 0.957 bits per heavy atom. The monoisotopic (exact) mass is 435 g/mol. The highest BCUT2D eigenvalue weighted by Gasteiger charge is 2.13. The Morgan fingerprint density at radius 2 is 1.78 bits per heavy atom. The average Bonchev–Trinajstić information content (AvgIpc) is 2.55. The lowest BCUT2D eigenvalue weighted by molar-refractivity contribution is 0.171. The first-order valence-corrected chi connectivity index (χ1v) is 8.56. The molecule has 0 spiro atoms. The molecule has 0 saturated carbocycles. The smallest absolute Gasteiger partial charge is 0.163 e. The fraction of sp³-hybridized carbons (Fsp3) is 0.125. The summed E-state index contributed by atoms with van der Waals surface area (Å²) in [5.74, 6) is 2.23. The van der Waals surface area contributed by atoms with Gasteiger partial charge in [0.2, 0.25) is 0 Å². The first-order valence-electron chi connectivity index (χ1n) is 6.97. The van der Waals surface area contributed by atoms with Gasteiger partial charge in [0.1, 0.15) is 25.4 Å². The number of fused-ring (bicyclic) bond motifs is 2. The molecule has 116 valence electrons. The van der Waals surface area contributed by atoms with Crippen LogP contribution in [-0.2, 0) is 0 Å². The van der Waals surface area contributed by atoms with Gasteiger partial charge < -0.3 is 14.8 Å². The lowest BCUT2D eigenvalue weighted by Crippen LogP contribution is -2.15. The van der Waals surface area contributed by atoms with E-state index in [0.29, 0.717) is 13.2 Å². The molecule has 0 saturated heterocycles. The van der Waals surface area contributed by atoms with Gasteiger partial charge in [-0.05, 0) is 40.2 Å². The molecule has 0 atom stereocenters. The van der Waals surface area contributed by atoms with Crippen LogP contribution in [-0.4, -0.2) is 23.2 Å². The van der Waals surface area contributed by atoms with Crippen molar-refractivity contribution in [2.45, 2.75) is 0 Å². The predicted molar refractivity (Wildman–Crippen MR) is 95.7 cm³/mol. The van der Waals surface area contributed by atoms with Crippen LogP contribution in [0.25, 0.3) is 10.9 Å². The molecule has 0 bridgehead atoms. The summed E-state index contributed by atoms with van der Waals surface area (Å²) >= 11 is 7.03. The first-order chi connectivity index (χ1) is 11.2. The van der Waals surface area contributed by atoms with Crippen molar-refractivity contribution in [1.29, 1.82) is 0 Å². The largest absolute Gasteiger partial charge is 0.486 e. The Labute approximate surface area is 149 Å². The first kappa shape index (κ1) is 14.7. The number of benzene rings is 2. The molecule has 1 aliphatic heterocycles. The number of halogens is 2. The van der Waals surface area contributed by atoms with Crippen molar-refractivity contribution < 1.29 is 9.47 Å². The van der Waals surface area contributed by atoms with E-state index in [1.807, 2.05) is 30.3 Å². The third kappa shape index (κ3) is 2.86. The Morgan fingerprint density at radius 3 is 2.65 bits per heavy atom. The van der Waals surface area contributed by atoms with Gasteiger partial charge >= 0.3 is 0 Å². The number of hydrogen-bond acceptors (Lipinski definition) is 5. The lowest BCUT2D eigenvalue weighted by Gasteiger charge is -2.19. The summed E-state index contributed by atoms with van der Waals surface area (Å²) in [5.41, 5.74) is 1.73. The van der Waals surface area contributed by atoms with Crippen molar-refractivity contribution in [3.05, 3.63) is 45.6 Å². The van der Waals surface area contributed by atoms with Gasteiger partial charge in [-0.3, -0.25) is 0 Å². The number of rotatable bonds is 2. The van der Waals surface area contributed by atoms with E-state index in [-0.39, 0.29) is 0 Å². The van der Waals surface area contributed by atoms with Gasteiger partial charge in [-0.25, -0.2) is 9.97 Å². The number of aromatic nitrogens is 2. The van der Waals surface area contributed by atoms with E-state index < -0.39 is 0 Å². The van der Waals surface area contributed by atoms with Gasteiger partial charge in [-0.1, -0.05) is 15.9 Å². The van der Waals surface area contributed by atoms with Crippen LogP contribution in [0.2, 0.25) is 0 Å². The maximum atomic E-state index is 5.61. The molecule has 4 rings (SSSR count). The topological polar surface area (TPSA) is 56.3 Å². The molecule has 3 aromatic rings. The highest BCUT2D eigenvalue weighted by Crippen LogP contribution is 2.35. The van der Waals surface area contributed by atoms with Gasteiger partial charge in [0.15, 0.2) is 11.5 Å². The van der Waals surface area contributed by atoms with E-state index in [9.17, 15) is 0 Å². The Bertz CT molecular complexity index is 902. The van der Waals surface area contributed by atoms with Gasteiger partial charge in [-0.15, -0.1) is 0 Å². The maximum absolute atomic E-state index is 5.61. The quantitative estimate of drug-likeness (QED) is 0.632. The van der Waals surface area contributed by atoms with Crippen LogP contribution in [0.15, 0.2) is 45.6 Å². The van der Waals surface area contributed by atoms with Crippen molar-refractivity contribution in [2.24, 2.45) is 0 Å². The van der Waals surface area contributed by atoms with E-state index >= 15 is 0 Å². The van der Waals surface area contributed by atoms with Crippen LogP contribution in [0, 0.1) is 0 Å². The summed E-state index contributed by atoms with van der Waals surface area (Å²) in [7, 11) is 0. The maximum Gasteiger partial charge on any atom is 0.163 e. The van der Waals surface area contributed by atoms with Crippen molar-refractivity contribution in [1.82, 2.24) is 9.97 Å². The van der Waals surface area contributed by atoms with Crippen molar-refractivity contribution in [3.8, 4) is 11.5 Å². The van der Waals surface area contributed by atoms with Crippen molar-refractivity contribution >= 4 is 54.3 Å². The zero-order valence-electron chi connectivity index (χ0n) is 11.8. The Hall–Kier alpha value is -1.86. The molecule has 1 N–H and O–H groups in total. The minimum absolute atomic E-state index is 0.562. The predicted octanol–water partition coefficient (Wildman–Crippen LogP) is 4.67. The van der Waals surface area contributed by atoms with Crippen LogP contribution < -0.4 is 14.8 Å². The molecule has 0 radical (unpaired) electrons. The SMILES string of the molecule is Brc1cc(Br)c2ncnc(Nc3ccc4c(c3)OCCO4)c2c1. The van der Waals surface area contributed by atoms with E-state index in [1.165, 1.54) is 0 Å². The highest BCUT2D eigenvalue weighted by atomic mass is 79.9. The summed E-state index contributed by atoms with van der Waals surface area (Å²) in [6.07, 6.45) is 1.54. The number of nitrogens with zero attached hydrogens (tertiary/aromatic N) is 2. The van der Waals surface area contributed by atoms with Gasteiger partial charge in [0.05, 0.1) is 5.52 Å². The summed E-state index contributed by atoms with van der Waals surface area (Å²) in [5, 5.41) is 4.24. The molecule has 1 aromatic heterocycles. The fourth-order valence-electron chi connectivity index (χ4n) is 2.45. The summed E-state index contributed by atoms with van der Waals surface area (Å²) in [6, 6.07) is 9.69. The highest BCUT2D eigenvalue weighted by molar-refractivity contribution is 9.11. The van der Waals surface area contributed by atoms with E-state index in [2.05, 4.69) is 47.1 Å². The summed E-state index contributed by atoms with van der Waals surface area (Å²) < 4.78 is 13.0. The number of ether oxygens (including phenoxy) is 2. The van der Waals surface area contributed by atoms with Crippen LogP contribution in [0.1, 0.15) is 0 Å². The van der Waals surface area contributed by atoms with Crippen LogP contribution >= 0.6 is 31.9 Å². The zero-order chi connectivity index (χ0) is 15.8. The summed E-state index contributed by atoms with van der Waals surface area (Å²) in [6.45, 7) is 1.14. The molecule has 5 nitrogen and oxygen atoms in total. The normalized spacial score (nSPS) is 13.1. The van der Waals surface area contributed by atoms with E-state index in [0.717, 1.165) is 42.9 Å². The molecule has 2 heterocycles. The van der Waals surface area contributed by atoms with E-state index in [1.54, 1.807) is 6.33 Å². The van der Waals surface area contributed by atoms with E-state index in [4.69, 9.17) is 9.47 Å². The molecule has 0 amide bonds. The Balaban J connectivity index is 1.75. The standard InChI is InChI=1S/C16H11Br2N3O2/c17-9-5-11-15(12(18)6-9)19-8-20-16(11)21-10-1-2-13-14(7-10)23-4-3-22-13/h1-2,5-8H,3-4H2,(H,19,20,21). The minimum atomic E-state index is 0.562. The molecule has 0 unspecified atom stereocenters. The Kier molecular flexibility index (Phi) is 3.82. The third-order valence-corrected chi connectivity index (χ3v) is 4.52. The molecule has 1 aliphatic rings. The van der Waals surface area contributed by atoms with Crippen molar-refractivity contribution in [2.75, 3.05) is 18.5 Å². The second-order valence-corrected chi connectivity index (χ2v) is 6.76. The molecule has 23 heavy (non-hydrogen) atoms. The third-order valence-electron chi connectivity index (χ3n) is 3.46. The number of hydrogen-bond donors (Lipinski definition) is 1. The van der Waals surface area contributed by atoms with Gasteiger partial charge in [0, 0.05) is 26.1 Å². The molecular weight excluding hydrogens is 426 g/mol. The second-order valence-electron chi connectivity index (χ2n) is 4.99. The second kappa shape index (κ2) is 5.98. The van der Waals surface area contributed by atoms with Crippen LogP contribution in [0.3, 0.4) is 0 Å². The minimum Gasteiger partial charge on any atom is -0.486 e. The molecule has 0 fully saturated rings. The molecule has 2 aromatic carbocycles. The summed E-state index contributed by atoms with van der Waals surface area (Å²) in [4.78, 5) is 8.69. The van der Waals surface area contributed by atoms with Crippen LogP contribution in [0.4, 0.5) is 11.5 Å². The average molecular weight is 437 g/mol. The molecular formula is C16H11Br2N3O2. The van der Waals surface area contributed by atoms with Gasteiger partial charge in [0.25, 0.3) is 0 Å². The zero-order valence-corrected chi connectivity index (χ0v) is 15.0. The molecule has 7 heteroatoms.